The second-order valence-electron chi connectivity index (χ2n) is 5.37. The molecular weight excluding hydrogens is 243 g/mol. The van der Waals surface area contributed by atoms with E-state index in [0.29, 0.717) is 12.0 Å². The number of rotatable bonds is 4. The van der Waals surface area contributed by atoms with Gasteiger partial charge in [0, 0.05) is 17.8 Å². The van der Waals surface area contributed by atoms with E-state index in [-0.39, 0.29) is 5.75 Å². The zero-order valence-electron chi connectivity index (χ0n) is 11.7. The molecule has 4 heteroatoms. The number of hydrogen-bond acceptors (Lipinski definition) is 3. The van der Waals surface area contributed by atoms with E-state index in [9.17, 15) is 9.50 Å². The second-order valence-corrected chi connectivity index (χ2v) is 5.37. The third kappa shape index (κ3) is 3.60. The Labute approximate surface area is 114 Å². The maximum Gasteiger partial charge on any atom is 0.166 e. The molecule has 0 amide bonds. The van der Waals surface area contributed by atoms with Gasteiger partial charge in [0.1, 0.15) is 0 Å². The Hall–Kier alpha value is -1.29. The molecule has 0 aliphatic carbocycles. The van der Waals surface area contributed by atoms with Gasteiger partial charge >= 0.3 is 0 Å². The molecule has 0 aromatic heterocycles. The summed E-state index contributed by atoms with van der Waals surface area (Å²) in [5.41, 5.74) is 0.737. The van der Waals surface area contributed by atoms with Crippen LogP contribution < -0.4 is 5.32 Å². The van der Waals surface area contributed by atoms with Crippen LogP contribution in [0.5, 0.6) is 5.75 Å². The summed E-state index contributed by atoms with van der Waals surface area (Å²) in [6, 6.07) is 4.79. The average Bonchev–Trinajstić information content (AvgIpc) is 2.43. The lowest BCUT2D eigenvalue weighted by Gasteiger charge is -2.34. The first kappa shape index (κ1) is 14.1. The summed E-state index contributed by atoms with van der Waals surface area (Å²) in [4.78, 5) is 2.46. The average molecular weight is 266 g/mol. The minimum absolute atomic E-state index is 0.297. The number of nitrogens with zero attached hydrogens (tertiary/aromatic N) is 1. The number of likely N-dealkylation sites (tertiary alicyclic amines) is 1. The second kappa shape index (κ2) is 6.24. The monoisotopic (exact) mass is 266 g/mol. The molecule has 19 heavy (non-hydrogen) atoms. The SMILES string of the molecule is CCN1CCC(C(C)Nc2ccc(O)c(F)c2)CC1. The zero-order valence-corrected chi connectivity index (χ0v) is 11.7. The highest BCUT2D eigenvalue weighted by molar-refractivity contribution is 5.47. The van der Waals surface area contributed by atoms with E-state index in [0.717, 1.165) is 25.3 Å². The molecule has 1 fully saturated rings. The lowest BCUT2D eigenvalue weighted by Crippen LogP contribution is -2.39. The molecular formula is C15H23FN2O. The number of phenols is 1. The van der Waals surface area contributed by atoms with Crippen molar-refractivity contribution in [3.05, 3.63) is 24.0 Å². The van der Waals surface area contributed by atoms with Crippen LogP contribution in [0.3, 0.4) is 0 Å². The first-order chi connectivity index (χ1) is 9.10. The first-order valence-electron chi connectivity index (χ1n) is 7.07. The van der Waals surface area contributed by atoms with Crippen molar-refractivity contribution in [2.75, 3.05) is 25.0 Å². The molecule has 0 saturated carbocycles. The molecule has 1 aliphatic rings. The minimum atomic E-state index is -0.571. The van der Waals surface area contributed by atoms with E-state index in [1.54, 1.807) is 6.07 Å². The van der Waals surface area contributed by atoms with Gasteiger partial charge in [0.05, 0.1) is 0 Å². The van der Waals surface area contributed by atoms with Crippen LogP contribution in [0.1, 0.15) is 26.7 Å². The van der Waals surface area contributed by atoms with Crippen molar-refractivity contribution in [2.45, 2.75) is 32.7 Å². The minimum Gasteiger partial charge on any atom is -0.505 e. The van der Waals surface area contributed by atoms with Crippen molar-refractivity contribution in [3.8, 4) is 5.75 Å². The quantitative estimate of drug-likeness (QED) is 0.822. The molecule has 1 aromatic carbocycles. The molecule has 106 valence electrons. The van der Waals surface area contributed by atoms with Gasteiger partial charge in [-0.25, -0.2) is 4.39 Å². The largest absolute Gasteiger partial charge is 0.505 e. The van der Waals surface area contributed by atoms with Crippen LogP contribution in [-0.2, 0) is 0 Å². The summed E-state index contributed by atoms with van der Waals surface area (Å²) >= 11 is 0. The maximum absolute atomic E-state index is 13.3. The van der Waals surface area contributed by atoms with E-state index in [1.807, 2.05) is 0 Å². The Balaban J connectivity index is 1.90. The third-order valence-corrected chi connectivity index (χ3v) is 4.13. The van der Waals surface area contributed by atoms with Crippen molar-refractivity contribution in [1.82, 2.24) is 4.90 Å². The van der Waals surface area contributed by atoms with Gasteiger partial charge in [-0.3, -0.25) is 0 Å². The molecule has 3 nitrogen and oxygen atoms in total. The zero-order chi connectivity index (χ0) is 13.8. The maximum atomic E-state index is 13.3. The molecule has 1 aliphatic heterocycles. The molecule has 1 saturated heterocycles. The Kier molecular flexibility index (Phi) is 4.64. The fraction of sp³-hybridized carbons (Fsp3) is 0.600. The number of phenolic OH excluding ortho intramolecular Hbond substituents is 1. The van der Waals surface area contributed by atoms with Crippen LogP contribution in [0.25, 0.3) is 0 Å². The van der Waals surface area contributed by atoms with E-state index in [1.165, 1.54) is 25.0 Å². The number of anilines is 1. The van der Waals surface area contributed by atoms with Crippen LogP contribution >= 0.6 is 0 Å². The Morgan fingerprint density at radius 1 is 1.42 bits per heavy atom. The fourth-order valence-electron chi connectivity index (χ4n) is 2.75. The number of aromatic hydroxyl groups is 1. The van der Waals surface area contributed by atoms with Crippen molar-refractivity contribution in [2.24, 2.45) is 5.92 Å². The van der Waals surface area contributed by atoms with Gasteiger partial charge in [0.25, 0.3) is 0 Å². The summed E-state index contributed by atoms with van der Waals surface area (Å²) < 4.78 is 13.3. The Morgan fingerprint density at radius 2 is 2.11 bits per heavy atom. The summed E-state index contributed by atoms with van der Waals surface area (Å²) in [5.74, 6) is -0.243. The molecule has 1 heterocycles. The number of benzene rings is 1. The highest BCUT2D eigenvalue weighted by atomic mass is 19.1. The van der Waals surface area contributed by atoms with Crippen LogP contribution in [0.4, 0.5) is 10.1 Å². The summed E-state index contributed by atoms with van der Waals surface area (Å²) in [7, 11) is 0. The van der Waals surface area contributed by atoms with Crippen molar-refractivity contribution in [1.29, 1.82) is 0 Å². The lowest BCUT2D eigenvalue weighted by molar-refractivity contribution is 0.183. The standard InChI is InChI=1S/C15H23FN2O/c1-3-18-8-6-12(7-9-18)11(2)17-13-4-5-15(19)14(16)10-13/h4-5,10-12,17,19H,3,6-9H2,1-2H3. The molecule has 2 N–H and O–H groups in total. The summed E-state index contributed by atoms with van der Waals surface area (Å²) in [5, 5.41) is 12.5. The lowest BCUT2D eigenvalue weighted by atomic mass is 9.90. The van der Waals surface area contributed by atoms with E-state index in [4.69, 9.17) is 0 Å². The summed E-state index contributed by atoms with van der Waals surface area (Å²) in [6.07, 6.45) is 2.37. The number of hydrogen-bond donors (Lipinski definition) is 2. The van der Waals surface area contributed by atoms with Gasteiger partial charge in [-0.05, 0) is 57.5 Å². The summed E-state index contributed by atoms with van der Waals surface area (Å²) in [6.45, 7) is 7.77. The fourth-order valence-corrected chi connectivity index (χ4v) is 2.75. The van der Waals surface area contributed by atoms with E-state index >= 15 is 0 Å². The van der Waals surface area contributed by atoms with Crippen LogP contribution in [0.2, 0.25) is 0 Å². The van der Waals surface area contributed by atoms with Gasteiger partial charge in [0.15, 0.2) is 11.6 Å². The molecule has 2 rings (SSSR count). The predicted molar refractivity (Wildman–Crippen MR) is 76.0 cm³/mol. The molecule has 0 spiro atoms. The molecule has 1 aromatic rings. The van der Waals surface area contributed by atoms with Crippen molar-refractivity contribution in [3.63, 3.8) is 0 Å². The topological polar surface area (TPSA) is 35.5 Å². The van der Waals surface area contributed by atoms with Gasteiger partial charge in [-0.1, -0.05) is 6.92 Å². The Bertz CT molecular complexity index is 417. The van der Waals surface area contributed by atoms with Crippen molar-refractivity contribution < 1.29 is 9.50 Å². The van der Waals surface area contributed by atoms with E-state index in [2.05, 4.69) is 24.1 Å². The van der Waals surface area contributed by atoms with Gasteiger partial charge in [-0.2, -0.15) is 0 Å². The first-order valence-corrected chi connectivity index (χ1v) is 7.07. The molecule has 1 atom stereocenters. The van der Waals surface area contributed by atoms with Gasteiger partial charge in [0.2, 0.25) is 0 Å². The van der Waals surface area contributed by atoms with Gasteiger partial charge in [-0.15, -0.1) is 0 Å². The number of piperidine rings is 1. The number of nitrogens with one attached hydrogen (secondary N) is 1. The third-order valence-electron chi connectivity index (χ3n) is 4.13. The van der Waals surface area contributed by atoms with E-state index < -0.39 is 5.82 Å². The molecule has 0 radical (unpaired) electrons. The highest BCUT2D eigenvalue weighted by Gasteiger charge is 2.23. The predicted octanol–water partition coefficient (Wildman–Crippen LogP) is 3.06. The van der Waals surface area contributed by atoms with Crippen LogP contribution in [0.15, 0.2) is 18.2 Å². The smallest absolute Gasteiger partial charge is 0.166 e. The highest BCUT2D eigenvalue weighted by Crippen LogP contribution is 2.25. The Morgan fingerprint density at radius 3 is 2.68 bits per heavy atom. The van der Waals surface area contributed by atoms with Crippen LogP contribution in [0, 0.1) is 11.7 Å². The van der Waals surface area contributed by atoms with Crippen molar-refractivity contribution >= 4 is 5.69 Å². The normalized spacial score (nSPS) is 19.3. The molecule has 0 bridgehead atoms. The molecule has 1 unspecified atom stereocenters. The number of halogens is 1. The van der Waals surface area contributed by atoms with Crippen LogP contribution in [-0.4, -0.2) is 35.7 Å². The van der Waals surface area contributed by atoms with Gasteiger partial charge < -0.3 is 15.3 Å².